The van der Waals surface area contributed by atoms with Crippen LogP contribution in [0.5, 0.6) is 0 Å². The van der Waals surface area contributed by atoms with Gasteiger partial charge in [-0.3, -0.25) is 15.0 Å². The van der Waals surface area contributed by atoms with Crippen LogP contribution in [0.4, 0.5) is 0 Å². The molecule has 0 fully saturated rings. The maximum atomic E-state index is 4.69. The summed E-state index contributed by atoms with van der Waals surface area (Å²) >= 11 is 0. The number of aliphatic imine (C=N–C) groups is 1. The molecule has 0 aliphatic carbocycles. The van der Waals surface area contributed by atoms with Crippen molar-refractivity contribution in [3.8, 4) is 11.3 Å². The van der Waals surface area contributed by atoms with E-state index in [1.807, 2.05) is 62.7 Å². The van der Waals surface area contributed by atoms with Gasteiger partial charge >= 0.3 is 0 Å². The van der Waals surface area contributed by atoms with E-state index in [9.17, 15) is 0 Å². The summed E-state index contributed by atoms with van der Waals surface area (Å²) in [7, 11) is 0. The van der Waals surface area contributed by atoms with Gasteiger partial charge in [0.25, 0.3) is 0 Å². The molecule has 0 aromatic carbocycles. The van der Waals surface area contributed by atoms with Gasteiger partial charge in [-0.2, -0.15) is 0 Å². The molecule has 0 unspecified atom stereocenters. The van der Waals surface area contributed by atoms with E-state index in [1.165, 1.54) is 0 Å². The first kappa shape index (κ1) is 17.0. The van der Waals surface area contributed by atoms with Gasteiger partial charge in [0.15, 0.2) is 5.65 Å². The molecule has 27 heavy (non-hydrogen) atoms. The largest absolute Gasteiger partial charge is 0.284 e. The van der Waals surface area contributed by atoms with Crippen molar-refractivity contribution in [1.82, 2.24) is 19.9 Å². The van der Waals surface area contributed by atoms with Crippen LogP contribution in [-0.4, -0.2) is 25.6 Å². The molecule has 4 aromatic rings. The number of fused-ring (bicyclic) bond motifs is 2. The SMILES string of the molecule is C/C=C\C(C)=NCc1cc(-c2nccc3cnccc23)c2cccnc2n1. The standard InChI is InChI=1S/C22H19N5/c1-3-5-15(2)26-14-17-12-20(19-6-4-9-25-22(19)27-17)21-18-8-10-23-13-16(18)7-11-24-21/h3-13H,14H2,1-2H3/b5-3-,26-15?. The first-order valence-electron chi connectivity index (χ1n) is 8.84. The molecule has 5 nitrogen and oxygen atoms in total. The Hall–Kier alpha value is -3.47. The zero-order valence-corrected chi connectivity index (χ0v) is 15.3. The molecular weight excluding hydrogens is 334 g/mol. The van der Waals surface area contributed by atoms with Crippen LogP contribution in [0.2, 0.25) is 0 Å². The molecule has 0 N–H and O–H groups in total. The molecule has 0 saturated heterocycles. The van der Waals surface area contributed by atoms with E-state index in [4.69, 9.17) is 4.98 Å². The third-order valence-corrected chi connectivity index (χ3v) is 4.36. The summed E-state index contributed by atoms with van der Waals surface area (Å²) in [5.41, 5.74) is 4.46. The molecular formula is C22H19N5. The smallest absolute Gasteiger partial charge is 0.160 e. The van der Waals surface area contributed by atoms with Crippen LogP contribution in [-0.2, 0) is 6.54 Å². The zero-order valence-electron chi connectivity index (χ0n) is 15.3. The number of hydrogen-bond donors (Lipinski definition) is 0. The second kappa shape index (κ2) is 7.41. The Labute approximate surface area is 157 Å². The first-order valence-corrected chi connectivity index (χ1v) is 8.84. The second-order valence-corrected chi connectivity index (χ2v) is 6.25. The Balaban J connectivity index is 1.92. The quantitative estimate of drug-likeness (QED) is 0.495. The van der Waals surface area contributed by atoms with E-state index in [-0.39, 0.29) is 0 Å². The van der Waals surface area contributed by atoms with Crippen LogP contribution in [0.3, 0.4) is 0 Å². The van der Waals surface area contributed by atoms with Gasteiger partial charge in [0.05, 0.1) is 17.9 Å². The summed E-state index contributed by atoms with van der Waals surface area (Å²) in [4.78, 5) is 22.6. The van der Waals surface area contributed by atoms with Crippen LogP contribution in [0.15, 0.2) is 72.3 Å². The summed E-state index contributed by atoms with van der Waals surface area (Å²) in [6, 6.07) is 9.99. The third-order valence-electron chi connectivity index (χ3n) is 4.36. The Morgan fingerprint density at radius 2 is 2.00 bits per heavy atom. The van der Waals surface area contributed by atoms with E-state index >= 15 is 0 Å². The molecule has 132 valence electrons. The average Bonchev–Trinajstić information content (AvgIpc) is 2.71. The van der Waals surface area contributed by atoms with Gasteiger partial charge in [0.1, 0.15) is 0 Å². The maximum Gasteiger partial charge on any atom is 0.160 e. The normalized spacial score (nSPS) is 12.3. The monoisotopic (exact) mass is 353 g/mol. The van der Waals surface area contributed by atoms with Crippen LogP contribution in [0, 0.1) is 0 Å². The van der Waals surface area contributed by atoms with Crippen molar-refractivity contribution < 1.29 is 0 Å². The summed E-state index contributed by atoms with van der Waals surface area (Å²) in [6.07, 6.45) is 11.2. The van der Waals surface area contributed by atoms with Crippen molar-refractivity contribution in [3.63, 3.8) is 0 Å². The summed E-state index contributed by atoms with van der Waals surface area (Å²) in [6.45, 7) is 4.47. The lowest BCUT2D eigenvalue weighted by molar-refractivity contribution is 0.998. The molecule has 0 bridgehead atoms. The van der Waals surface area contributed by atoms with Crippen molar-refractivity contribution in [3.05, 3.63) is 73.0 Å². The van der Waals surface area contributed by atoms with Crippen molar-refractivity contribution in [2.24, 2.45) is 4.99 Å². The molecule has 0 atom stereocenters. The second-order valence-electron chi connectivity index (χ2n) is 6.25. The van der Waals surface area contributed by atoms with E-state index in [0.717, 1.165) is 38.8 Å². The van der Waals surface area contributed by atoms with Crippen molar-refractivity contribution in [2.45, 2.75) is 20.4 Å². The van der Waals surface area contributed by atoms with Crippen LogP contribution in [0.25, 0.3) is 33.1 Å². The highest BCUT2D eigenvalue weighted by Gasteiger charge is 2.12. The van der Waals surface area contributed by atoms with Crippen molar-refractivity contribution >= 4 is 27.5 Å². The highest BCUT2D eigenvalue weighted by atomic mass is 14.9. The van der Waals surface area contributed by atoms with Gasteiger partial charge in [-0.25, -0.2) is 9.97 Å². The van der Waals surface area contributed by atoms with Gasteiger partial charge in [0.2, 0.25) is 0 Å². The lowest BCUT2D eigenvalue weighted by atomic mass is 10.0. The maximum absolute atomic E-state index is 4.69. The molecule has 0 radical (unpaired) electrons. The molecule has 0 saturated carbocycles. The van der Waals surface area contributed by atoms with E-state index < -0.39 is 0 Å². The highest BCUT2D eigenvalue weighted by Crippen LogP contribution is 2.31. The number of nitrogens with zero attached hydrogens (tertiary/aromatic N) is 5. The summed E-state index contributed by atoms with van der Waals surface area (Å²) in [5.74, 6) is 0. The Morgan fingerprint density at radius 3 is 2.89 bits per heavy atom. The minimum Gasteiger partial charge on any atom is -0.284 e. The Bertz CT molecular complexity index is 1170. The molecule has 0 amide bonds. The minimum atomic E-state index is 0.502. The van der Waals surface area contributed by atoms with Crippen LogP contribution in [0.1, 0.15) is 19.5 Å². The van der Waals surface area contributed by atoms with Gasteiger partial charge in [-0.1, -0.05) is 6.08 Å². The van der Waals surface area contributed by atoms with Gasteiger partial charge in [-0.15, -0.1) is 0 Å². The number of pyridine rings is 4. The van der Waals surface area contributed by atoms with E-state index in [1.54, 1.807) is 12.4 Å². The average molecular weight is 353 g/mol. The fraction of sp³-hybridized carbons (Fsp3) is 0.136. The Morgan fingerprint density at radius 1 is 1.07 bits per heavy atom. The van der Waals surface area contributed by atoms with Crippen LogP contribution >= 0.6 is 0 Å². The molecule has 4 aromatic heterocycles. The topological polar surface area (TPSA) is 63.9 Å². The lowest BCUT2D eigenvalue weighted by Gasteiger charge is -2.10. The first-order chi connectivity index (χ1) is 13.3. The molecule has 0 aliphatic heterocycles. The lowest BCUT2D eigenvalue weighted by Crippen LogP contribution is -1.97. The van der Waals surface area contributed by atoms with E-state index in [0.29, 0.717) is 12.2 Å². The fourth-order valence-corrected chi connectivity index (χ4v) is 3.12. The number of hydrogen-bond acceptors (Lipinski definition) is 5. The van der Waals surface area contributed by atoms with Crippen LogP contribution < -0.4 is 0 Å². The zero-order chi connectivity index (χ0) is 18.6. The molecule has 5 heteroatoms. The molecule has 0 aliphatic rings. The highest BCUT2D eigenvalue weighted by molar-refractivity contribution is 6.01. The predicted octanol–water partition coefficient (Wildman–Crippen LogP) is 4.78. The Kier molecular flexibility index (Phi) is 4.66. The van der Waals surface area contributed by atoms with Gasteiger partial charge in [-0.05, 0) is 50.3 Å². The number of rotatable bonds is 4. The third kappa shape index (κ3) is 3.44. The fourth-order valence-electron chi connectivity index (χ4n) is 3.12. The molecule has 0 spiro atoms. The van der Waals surface area contributed by atoms with Gasteiger partial charge in [0, 0.05) is 52.2 Å². The minimum absolute atomic E-state index is 0.502. The summed E-state index contributed by atoms with van der Waals surface area (Å²) < 4.78 is 0. The summed E-state index contributed by atoms with van der Waals surface area (Å²) in [5, 5.41) is 3.09. The number of allylic oxidation sites excluding steroid dienone is 2. The predicted molar refractivity (Wildman–Crippen MR) is 110 cm³/mol. The van der Waals surface area contributed by atoms with Gasteiger partial charge < -0.3 is 0 Å². The molecule has 4 heterocycles. The van der Waals surface area contributed by atoms with Crippen molar-refractivity contribution in [1.29, 1.82) is 0 Å². The van der Waals surface area contributed by atoms with Crippen molar-refractivity contribution in [2.75, 3.05) is 0 Å². The molecule has 4 rings (SSSR count). The number of aromatic nitrogens is 4. The van der Waals surface area contributed by atoms with E-state index in [2.05, 4.69) is 26.0 Å².